The van der Waals surface area contributed by atoms with E-state index in [0.717, 1.165) is 37.3 Å². The van der Waals surface area contributed by atoms with Crippen LogP contribution in [0.15, 0.2) is 15.9 Å². The van der Waals surface area contributed by atoms with Crippen LogP contribution in [0.3, 0.4) is 0 Å². The van der Waals surface area contributed by atoms with Crippen LogP contribution >= 0.6 is 11.8 Å². The molecule has 2 aliphatic rings. The molecule has 1 unspecified atom stereocenters. The standard InChI is InChI=1S/C18H19F2N3O4S/c19-12-14(21)11-15(13(20)17(12)28-7-9-5-22-3-4-27-9)23(8-1-2-8)6-10(16(11)24)18(25)26/h6,8-9,22H,1-5,7,21H2,(H,25,26). The lowest BCUT2D eigenvalue weighted by molar-refractivity contribution is 0.0440. The van der Waals surface area contributed by atoms with E-state index in [1.54, 1.807) is 0 Å². The predicted octanol–water partition coefficient (Wildman–Crippen LogP) is 1.98. The number of nitrogens with one attached hydrogen (secondary N) is 1. The van der Waals surface area contributed by atoms with Crippen LogP contribution < -0.4 is 16.5 Å². The van der Waals surface area contributed by atoms with E-state index in [1.165, 1.54) is 4.57 Å². The number of carbonyl (C=O) groups is 1. The molecule has 1 aliphatic carbocycles. The molecule has 0 bridgehead atoms. The van der Waals surface area contributed by atoms with Gasteiger partial charge < -0.3 is 25.5 Å². The number of anilines is 1. The fourth-order valence-electron chi connectivity index (χ4n) is 3.37. The summed E-state index contributed by atoms with van der Waals surface area (Å²) in [4.78, 5) is 23.7. The van der Waals surface area contributed by atoms with Crippen LogP contribution in [0.4, 0.5) is 14.5 Å². The van der Waals surface area contributed by atoms with E-state index in [-0.39, 0.29) is 22.6 Å². The number of carboxylic acid groups (broad SMARTS) is 1. The molecular weight excluding hydrogens is 392 g/mol. The van der Waals surface area contributed by atoms with Gasteiger partial charge in [0, 0.05) is 31.1 Å². The van der Waals surface area contributed by atoms with E-state index in [0.29, 0.717) is 18.9 Å². The summed E-state index contributed by atoms with van der Waals surface area (Å²) in [5, 5.41) is 12.0. The van der Waals surface area contributed by atoms with Crippen LogP contribution in [-0.2, 0) is 4.74 Å². The van der Waals surface area contributed by atoms with E-state index in [9.17, 15) is 19.1 Å². The minimum Gasteiger partial charge on any atom is -0.477 e. The summed E-state index contributed by atoms with van der Waals surface area (Å²) in [6, 6.07) is -0.135. The Morgan fingerprint density at radius 2 is 2.14 bits per heavy atom. The maximum absolute atomic E-state index is 15.3. The number of rotatable bonds is 5. The highest BCUT2D eigenvalue weighted by Gasteiger charge is 2.32. The summed E-state index contributed by atoms with van der Waals surface area (Å²) in [5.41, 5.74) is 3.66. The van der Waals surface area contributed by atoms with Crippen LogP contribution in [-0.4, -0.2) is 47.2 Å². The third-order valence-corrected chi connectivity index (χ3v) is 6.12. The fourth-order valence-corrected chi connectivity index (χ4v) is 4.39. The number of aromatic nitrogens is 1. The number of nitrogen functional groups attached to an aromatic ring is 1. The van der Waals surface area contributed by atoms with Gasteiger partial charge in [-0.1, -0.05) is 0 Å². The number of halogens is 2. The van der Waals surface area contributed by atoms with Crippen molar-refractivity contribution in [2.75, 3.05) is 31.2 Å². The molecule has 2 aromatic rings. The number of pyridine rings is 1. The van der Waals surface area contributed by atoms with Crippen molar-refractivity contribution in [3.05, 3.63) is 33.6 Å². The first-order chi connectivity index (χ1) is 13.4. The van der Waals surface area contributed by atoms with Crippen LogP contribution in [0.5, 0.6) is 0 Å². The fraction of sp³-hybridized carbons (Fsp3) is 0.444. The molecule has 0 amide bonds. The number of nitrogens with two attached hydrogens (primary N) is 1. The molecule has 1 atom stereocenters. The van der Waals surface area contributed by atoms with Crippen molar-refractivity contribution in [1.29, 1.82) is 0 Å². The van der Waals surface area contributed by atoms with Crippen LogP contribution in [0.1, 0.15) is 29.2 Å². The second-order valence-electron chi connectivity index (χ2n) is 6.92. The van der Waals surface area contributed by atoms with Crippen molar-refractivity contribution in [2.24, 2.45) is 0 Å². The zero-order valence-corrected chi connectivity index (χ0v) is 15.7. The first kappa shape index (κ1) is 19.2. The Balaban J connectivity index is 1.86. The number of hydrogen-bond donors (Lipinski definition) is 3. The number of carboxylic acids is 1. The van der Waals surface area contributed by atoms with Gasteiger partial charge in [-0.3, -0.25) is 4.79 Å². The van der Waals surface area contributed by atoms with Crippen LogP contribution in [0, 0.1) is 11.6 Å². The number of aromatic carboxylic acids is 1. The van der Waals surface area contributed by atoms with Gasteiger partial charge in [0.25, 0.3) is 0 Å². The molecule has 7 nitrogen and oxygen atoms in total. The van der Waals surface area contributed by atoms with Crippen LogP contribution in [0.2, 0.25) is 0 Å². The van der Waals surface area contributed by atoms with Gasteiger partial charge in [0.15, 0.2) is 11.6 Å². The third-order valence-electron chi connectivity index (χ3n) is 4.94. The smallest absolute Gasteiger partial charge is 0.341 e. The van der Waals surface area contributed by atoms with Crippen molar-refractivity contribution >= 4 is 34.3 Å². The molecule has 2 heterocycles. The maximum atomic E-state index is 15.3. The highest BCUT2D eigenvalue weighted by atomic mass is 32.2. The monoisotopic (exact) mass is 411 g/mol. The van der Waals surface area contributed by atoms with Gasteiger partial charge in [0.1, 0.15) is 5.56 Å². The lowest BCUT2D eigenvalue weighted by atomic mass is 10.1. The minimum atomic E-state index is -1.46. The van der Waals surface area contributed by atoms with Gasteiger partial charge in [-0.2, -0.15) is 0 Å². The Morgan fingerprint density at radius 3 is 2.75 bits per heavy atom. The van der Waals surface area contributed by atoms with Crippen molar-refractivity contribution in [3.8, 4) is 0 Å². The Hall–Kier alpha value is -2.17. The zero-order valence-electron chi connectivity index (χ0n) is 14.8. The number of nitrogens with zero attached hydrogens (tertiary/aromatic N) is 1. The summed E-state index contributed by atoms with van der Waals surface area (Å²) in [6.07, 6.45) is 2.37. The average Bonchev–Trinajstić information content (AvgIpc) is 3.51. The average molecular weight is 411 g/mol. The molecule has 150 valence electrons. The van der Waals surface area contributed by atoms with E-state index in [4.69, 9.17) is 10.5 Å². The number of hydrogen-bond acceptors (Lipinski definition) is 6. The highest BCUT2D eigenvalue weighted by Crippen LogP contribution is 2.41. The largest absolute Gasteiger partial charge is 0.477 e. The molecule has 28 heavy (non-hydrogen) atoms. The number of thioether (sulfide) groups is 1. The molecule has 0 spiro atoms. The van der Waals surface area contributed by atoms with Crippen molar-refractivity contribution in [2.45, 2.75) is 29.9 Å². The normalized spacial score (nSPS) is 19.9. The second kappa shape index (κ2) is 7.34. The molecule has 1 aromatic carbocycles. The summed E-state index contributed by atoms with van der Waals surface area (Å²) in [6.45, 7) is 1.83. The minimum absolute atomic E-state index is 0.135. The lowest BCUT2D eigenvalue weighted by Crippen LogP contribution is -2.39. The molecule has 1 aliphatic heterocycles. The first-order valence-electron chi connectivity index (χ1n) is 8.93. The van der Waals surface area contributed by atoms with Crippen molar-refractivity contribution in [1.82, 2.24) is 9.88 Å². The Labute approximate surface area is 162 Å². The SMILES string of the molecule is Nc1c(F)c(SCC2CNCCO2)c(F)c2c1c(=O)c(C(=O)O)cn2C1CC1. The summed E-state index contributed by atoms with van der Waals surface area (Å²) in [5.74, 6) is -3.08. The first-order valence-corrected chi connectivity index (χ1v) is 9.92. The topological polar surface area (TPSA) is 107 Å². The maximum Gasteiger partial charge on any atom is 0.341 e. The van der Waals surface area contributed by atoms with Crippen molar-refractivity contribution in [3.63, 3.8) is 0 Å². The van der Waals surface area contributed by atoms with Crippen LogP contribution in [0.25, 0.3) is 10.9 Å². The molecule has 4 rings (SSSR count). The van der Waals surface area contributed by atoms with E-state index in [1.807, 2.05) is 0 Å². The third kappa shape index (κ3) is 3.25. The molecular formula is C18H19F2N3O4S. The molecule has 1 aromatic heterocycles. The van der Waals surface area contributed by atoms with Gasteiger partial charge in [-0.05, 0) is 12.8 Å². The van der Waals surface area contributed by atoms with E-state index in [2.05, 4.69) is 5.32 Å². The Kier molecular flexibility index (Phi) is 5.02. The van der Waals surface area contributed by atoms with E-state index < -0.39 is 39.7 Å². The van der Waals surface area contributed by atoms with Gasteiger partial charge in [-0.15, -0.1) is 11.8 Å². The second-order valence-corrected chi connectivity index (χ2v) is 7.95. The molecule has 4 N–H and O–H groups in total. The molecule has 2 fully saturated rings. The number of fused-ring (bicyclic) bond motifs is 1. The zero-order chi connectivity index (χ0) is 20.0. The Morgan fingerprint density at radius 1 is 1.39 bits per heavy atom. The molecule has 1 saturated carbocycles. The predicted molar refractivity (Wildman–Crippen MR) is 101 cm³/mol. The summed E-state index contributed by atoms with van der Waals surface area (Å²) >= 11 is 0.940. The quantitative estimate of drug-likeness (QED) is 0.510. The van der Waals surface area contributed by atoms with Gasteiger partial charge in [0.05, 0.1) is 34.2 Å². The summed E-state index contributed by atoms with van der Waals surface area (Å²) < 4.78 is 37.2. The molecule has 10 heteroatoms. The van der Waals surface area contributed by atoms with Gasteiger partial charge >= 0.3 is 5.97 Å². The van der Waals surface area contributed by atoms with Gasteiger partial charge in [0.2, 0.25) is 5.43 Å². The van der Waals surface area contributed by atoms with Crippen molar-refractivity contribution < 1.29 is 23.4 Å². The van der Waals surface area contributed by atoms with E-state index >= 15 is 4.39 Å². The van der Waals surface area contributed by atoms with Gasteiger partial charge in [-0.25, -0.2) is 13.6 Å². The lowest BCUT2D eigenvalue weighted by Gasteiger charge is -2.23. The summed E-state index contributed by atoms with van der Waals surface area (Å²) in [7, 11) is 0. The number of benzene rings is 1. The number of morpholine rings is 1. The molecule has 1 saturated heterocycles. The molecule has 0 radical (unpaired) electrons. The Bertz CT molecular complexity index is 1020. The number of ether oxygens (including phenoxy) is 1. The highest BCUT2D eigenvalue weighted by molar-refractivity contribution is 7.99.